The molecular formula is C26H31F3N2O5. The Bertz CT molecular complexity index is 1050. The number of nitrogens with zero attached hydrogens (tertiary/aromatic N) is 1. The second-order valence-electron chi connectivity index (χ2n) is 8.84. The zero-order valence-corrected chi connectivity index (χ0v) is 20.5. The van der Waals surface area contributed by atoms with Gasteiger partial charge in [0.25, 0.3) is 0 Å². The van der Waals surface area contributed by atoms with E-state index in [1.54, 1.807) is 0 Å². The van der Waals surface area contributed by atoms with E-state index in [0.29, 0.717) is 12.4 Å². The van der Waals surface area contributed by atoms with Crippen molar-refractivity contribution in [1.29, 1.82) is 0 Å². The first-order valence-corrected chi connectivity index (χ1v) is 11.6. The minimum absolute atomic E-state index is 0.0419. The van der Waals surface area contributed by atoms with Gasteiger partial charge in [0.1, 0.15) is 23.7 Å². The normalized spacial score (nSPS) is 18.0. The van der Waals surface area contributed by atoms with E-state index in [4.69, 9.17) is 19.9 Å². The SMILES string of the molecule is CCCCOC1(c2ccccc2C)CN(C(OC(=O)C(F)(F)F)(c2ccc(OC)cc2)C(N)C=O)C1. The van der Waals surface area contributed by atoms with Crippen LogP contribution in [0, 0.1) is 6.92 Å². The van der Waals surface area contributed by atoms with Crippen LogP contribution in [0.25, 0.3) is 0 Å². The third-order valence-corrected chi connectivity index (χ3v) is 6.46. The van der Waals surface area contributed by atoms with E-state index in [-0.39, 0.29) is 24.9 Å². The molecule has 0 aromatic heterocycles. The summed E-state index contributed by atoms with van der Waals surface area (Å²) in [5, 5.41) is 0. The van der Waals surface area contributed by atoms with E-state index in [1.807, 2.05) is 38.1 Å². The lowest BCUT2D eigenvalue weighted by Crippen LogP contribution is -2.73. The van der Waals surface area contributed by atoms with E-state index < -0.39 is 29.5 Å². The first-order valence-electron chi connectivity index (χ1n) is 11.6. The Hall–Kier alpha value is -2.95. The molecule has 1 fully saturated rings. The molecule has 1 aliphatic rings. The van der Waals surface area contributed by atoms with Crippen molar-refractivity contribution >= 4 is 12.3 Å². The average Bonchev–Trinajstić information content (AvgIpc) is 2.84. The number of likely N-dealkylation sites (tertiary alicyclic amines) is 1. The molecule has 7 nitrogen and oxygen atoms in total. The standard InChI is InChI=1S/C26H31F3N2O5/c1-4-5-14-35-24(21-9-7-6-8-18(21)2)16-31(17-24)25(22(30)15-32,36-23(33)26(27,28)29)19-10-12-20(34-3)13-11-19/h6-13,15,22H,4-5,14,16-17,30H2,1-3H3. The third kappa shape index (κ3) is 5.25. The lowest BCUT2D eigenvalue weighted by Gasteiger charge is -2.58. The molecule has 2 atom stereocenters. The van der Waals surface area contributed by atoms with Gasteiger partial charge in [0.2, 0.25) is 5.72 Å². The smallest absolute Gasteiger partial charge is 0.491 e. The summed E-state index contributed by atoms with van der Waals surface area (Å²) in [6, 6.07) is 11.8. The summed E-state index contributed by atoms with van der Waals surface area (Å²) in [5.41, 5.74) is 4.91. The second-order valence-corrected chi connectivity index (χ2v) is 8.84. The molecule has 36 heavy (non-hydrogen) atoms. The highest BCUT2D eigenvalue weighted by Crippen LogP contribution is 2.47. The van der Waals surface area contributed by atoms with Crippen LogP contribution in [0.15, 0.2) is 48.5 Å². The average molecular weight is 509 g/mol. The lowest BCUT2D eigenvalue weighted by molar-refractivity contribution is -0.275. The van der Waals surface area contributed by atoms with Gasteiger partial charge in [-0.25, -0.2) is 4.79 Å². The van der Waals surface area contributed by atoms with Gasteiger partial charge in [-0.2, -0.15) is 13.2 Å². The minimum atomic E-state index is -5.30. The number of aryl methyl sites for hydroxylation is 1. The third-order valence-electron chi connectivity index (χ3n) is 6.46. The number of rotatable bonds is 11. The minimum Gasteiger partial charge on any atom is -0.497 e. The largest absolute Gasteiger partial charge is 0.497 e. The molecule has 1 heterocycles. The summed E-state index contributed by atoms with van der Waals surface area (Å²) in [6.07, 6.45) is -3.34. The molecule has 0 bridgehead atoms. The van der Waals surface area contributed by atoms with Gasteiger partial charge in [0, 0.05) is 25.3 Å². The molecule has 2 unspecified atom stereocenters. The highest BCUT2D eigenvalue weighted by Gasteiger charge is 2.61. The molecule has 0 aliphatic carbocycles. The quantitative estimate of drug-likeness (QED) is 0.280. The number of alkyl halides is 3. The molecule has 196 valence electrons. The van der Waals surface area contributed by atoms with Gasteiger partial charge in [-0.05, 0) is 48.7 Å². The number of esters is 1. The Kier molecular flexibility index (Phi) is 8.43. The van der Waals surface area contributed by atoms with Gasteiger partial charge in [0.05, 0.1) is 7.11 Å². The van der Waals surface area contributed by atoms with Crippen molar-refractivity contribution in [2.45, 2.75) is 50.2 Å². The summed E-state index contributed by atoms with van der Waals surface area (Å²) in [6.45, 7) is 4.45. The van der Waals surface area contributed by atoms with Gasteiger partial charge < -0.3 is 24.7 Å². The van der Waals surface area contributed by atoms with Gasteiger partial charge in [0.15, 0.2) is 0 Å². The van der Waals surface area contributed by atoms with E-state index in [9.17, 15) is 22.8 Å². The first-order chi connectivity index (χ1) is 17.0. The van der Waals surface area contributed by atoms with Crippen LogP contribution in [0.3, 0.4) is 0 Å². The number of hydrogen-bond donors (Lipinski definition) is 1. The number of hydrogen-bond acceptors (Lipinski definition) is 7. The zero-order valence-electron chi connectivity index (χ0n) is 20.5. The fourth-order valence-corrected chi connectivity index (χ4v) is 4.54. The molecule has 2 N–H and O–H groups in total. The van der Waals surface area contributed by atoms with Crippen molar-refractivity contribution in [1.82, 2.24) is 4.90 Å². The Labute approximate surface area is 208 Å². The van der Waals surface area contributed by atoms with Crippen LogP contribution in [0.2, 0.25) is 0 Å². The van der Waals surface area contributed by atoms with Crippen molar-refractivity contribution in [3.8, 4) is 5.75 Å². The fraction of sp³-hybridized carbons (Fsp3) is 0.462. The summed E-state index contributed by atoms with van der Waals surface area (Å²) in [5.74, 6) is -2.02. The number of ether oxygens (including phenoxy) is 3. The number of benzene rings is 2. The Balaban J connectivity index is 2.10. The number of aldehydes is 1. The van der Waals surface area contributed by atoms with Crippen LogP contribution in [0.5, 0.6) is 5.75 Å². The first kappa shape index (κ1) is 27.6. The molecule has 0 amide bonds. The number of unbranched alkanes of at least 4 members (excludes halogenated alkanes) is 1. The predicted molar refractivity (Wildman–Crippen MR) is 126 cm³/mol. The topological polar surface area (TPSA) is 91.1 Å². The number of halogens is 3. The molecule has 2 aromatic rings. The van der Waals surface area contributed by atoms with Gasteiger partial charge in [-0.15, -0.1) is 0 Å². The monoisotopic (exact) mass is 508 g/mol. The Morgan fingerprint density at radius 3 is 2.33 bits per heavy atom. The fourth-order valence-electron chi connectivity index (χ4n) is 4.54. The maximum atomic E-state index is 13.4. The van der Waals surface area contributed by atoms with Crippen LogP contribution in [0.1, 0.15) is 36.5 Å². The molecule has 3 rings (SSSR count). The molecule has 2 aromatic carbocycles. The molecule has 0 saturated carbocycles. The number of carbonyl (C=O) groups is 2. The van der Waals surface area contributed by atoms with Crippen LogP contribution < -0.4 is 10.5 Å². The lowest BCUT2D eigenvalue weighted by atomic mass is 9.79. The zero-order chi connectivity index (χ0) is 26.6. The van der Waals surface area contributed by atoms with Crippen LogP contribution >= 0.6 is 0 Å². The molecule has 1 aliphatic heterocycles. The highest BCUT2D eigenvalue weighted by molar-refractivity contribution is 5.77. The molecule has 0 spiro atoms. The van der Waals surface area contributed by atoms with E-state index in [2.05, 4.69) is 0 Å². The van der Waals surface area contributed by atoms with Crippen molar-refractivity contribution in [2.75, 3.05) is 26.8 Å². The van der Waals surface area contributed by atoms with Crippen LogP contribution in [0.4, 0.5) is 13.2 Å². The number of carbonyl (C=O) groups excluding carboxylic acids is 2. The number of methoxy groups -OCH3 is 1. The molecule has 1 saturated heterocycles. The van der Waals surface area contributed by atoms with Crippen LogP contribution in [-0.2, 0) is 30.4 Å². The second kappa shape index (κ2) is 11.0. The predicted octanol–water partition coefficient (Wildman–Crippen LogP) is 3.82. The molecular weight excluding hydrogens is 477 g/mol. The van der Waals surface area contributed by atoms with E-state index >= 15 is 0 Å². The highest BCUT2D eigenvalue weighted by atomic mass is 19.4. The molecule has 10 heteroatoms. The number of nitrogens with two attached hydrogens (primary N) is 1. The van der Waals surface area contributed by atoms with Crippen LogP contribution in [-0.4, -0.2) is 56.2 Å². The van der Waals surface area contributed by atoms with Crippen molar-refractivity contribution in [3.63, 3.8) is 0 Å². The summed E-state index contributed by atoms with van der Waals surface area (Å²) in [4.78, 5) is 25.5. The van der Waals surface area contributed by atoms with Crippen molar-refractivity contribution < 1.29 is 37.0 Å². The van der Waals surface area contributed by atoms with E-state index in [0.717, 1.165) is 24.0 Å². The summed E-state index contributed by atoms with van der Waals surface area (Å²) >= 11 is 0. The summed E-state index contributed by atoms with van der Waals surface area (Å²) in [7, 11) is 1.43. The van der Waals surface area contributed by atoms with Crippen molar-refractivity contribution in [2.24, 2.45) is 5.73 Å². The summed E-state index contributed by atoms with van der Waals surface area (Å²) < 4.78 is 56.7. The Morgan fingerprint density at radius 2 is 1.81 bits per heavy atom. The van der Waals surface area contributed by atoms with Gasteiger partial charge in [-0.1, -0.05) is 37.6 Å². The maximum absolute atomic E-state index is 13.4. The van der Waals surface area contributed by atoms with Gasteiger partial charge >= 0.3 is 12.1 Å². The van der Waals surface area contributed by atoms with Gasteiger partial charge in [-0.3, -0.25) is 4.90 Å². The molecule has 0 radical (unpaired) electrons. The van der Waals surface area contributed by atoms with E-state index in [1.165, 1.54) is 36.3 Å². The maximum Gasteiger partial charge on any atom is 0.491 e. The van der Waals surface area contributed by atoms with Crippen molar-refractivity contribution in [3.05, 3.63) is 65.2 Å². The Morgan fingerprint density at radius 1 is 1.17 bits per heavy atom.